The standard InChI is InChI=1S/C20H25F3N2O5S/c1-14(9-15-3-5-16(6-4-15)29-10-18(26)28-2)24-7-8-30-19(27,12-24)17-11-31-13-25(17)20(21,22)23/h3-6,11,14,27H,7-10,12-13H2,1-2H3. The van der Waals surface area contributed by atoms with Crippen LogP contribution in [-0.4, -0.2) is 78.3 Å². The summed E-state index contributed by atoms with van der Waals surface area (Å²) in [6.07, 6.45) is -3.97. The fourth-order valence-corrected chi connectivity index (χ4v) is 4.47. The Hall–Kier alpha value is -1.95. The molecule has 0 aromatic heterocycles. The Morgan fingerprint density at radius 1 is 1.35 bits per heavy atom. The number of methoxy groups -OCH3 is 1. The van der Waals surface area contributed by atoms with Crippen molar-refractivity contribution >= 4 is 17.7 Å². The first-order valence-corrected chi connectivity index (χ1v) is 10.7. The zero-order valence-electron chi connectivity index (χ0n) is 17.2. The number of benzene rings is 1. The first-order chi connectivity index (χ1) is 14.6. The van der Waals surface area contributed by atoms with E-state index in [1.54, 1.807) is 12.1 Å². The Balaban J connectivity index is 1.61. The zero-order chi connectivity index (χ0) is 22.6. The highest BCUT2D eigenvalue weighted by Crippen LogP contribution is 2.40. The Kier molecular flexibility index (Phi) is 7.40. The molecule has 2 heterocycles. The Labute approximate surface area is 182 Å². The topological polar surface area (TPSA) is 71.5 Å². The summed E-state index contributed by atoms with van der Waals surface area (Å²) in [7, 11) is 1.28. The molecule has 7 nitrogen and oxygen atoms in total. The Bertz CT molecular complexity index is 805. The monoisotopic (exact) mass is 462 g/mol. The molecule has 1 aromatic rings. The van der Waals surface area contributed by atoms with Gasteiger partial charge >= 0.3 is 12.3 Å². The molecule has 2 unspecified atom stereocenters. The van der Waals surface area contributed by atoms with Crippen molar-refractivity contribution in [3.63, 3.8) is 0 Å². The van der Waals surface area contributed by atoms with Crippen molar-refractivity contribution in [1.82, 2.24) is 9.80 Å². The van der Waals surface area contributed by atoms with Crippen molar-refractivity contribution < 1.29 is 37.3 Å². The summed E-state index contributed by atoms with van der Waals surface area (Å²) < 4.78 is 55.1. The number of nitrogens with zero attached hydrogens (tertiary/aromatic N) is 2. The summed E-state index contributed by atoms with van der Waals surface area (Å²) in [6.45, 7) is 2.33. The van der Waals surface area contributed by atoms with Crippen molar-refractivity contribution in [3.8, 4) is 5.75 Å². The molecule has 2 aliphatic heterocycles. The van der Waals surface area contributed by atoms with E-state index in [1.807, 2.05) is 24.0 Å². The second-order valence-electron chi connectivity index (χ2n) is 7.36. The van der Waals surface area contributed by atoms with Crippen LogP contribution in [0.4, 0.5) is 13.2 Å². The molecule has 0 saturated carbocycles. The van der Waals surface area contributed by atoms with E-state index >= 15 is 0 Å². The normalized spacial score (nSPS) is 23.4. The summed E-state index contributed by atoms with van der Waals surface area (Å²) in [5.74, 6) is -2.26. The molecular formula is C20H25F3N2O5S. The van der Waals surface area contributed by atoms with Gasteiger partial charge in [0, 0.05) is 12.6 Å². The van der Waals surface area contributed by atoms with Crippen LogP contribution in [-0.2, 0) is 20.7 Å². The lowest BCUT2D eigenvalue weighted by atomic mass is 10.0. The zero-order valence-corrected chi connectivity index (χ0v) is 18.0. The molecule has 172 valence electrons. The van der Waals surface area contributed by atoms with Gasteiger partial charge in [0.15, 0.2) is 6.61 Å². The van der Waals surface area contributed by atoms with Crippen molar-refractivity contribution in [1.29, 1.82) is 0 Å². The molecule has 2 atom stereocenters. The first-order valence-electron chi connectivity index (χ1n) is 9.68. The van der Waals surface area contributed by atoms with E-state index in [9.17, 15) is 23.1 Å². The smallest absolute Gasteiger partial charge is 0.482 e. The van der Waals surface area contributed by atoms with E-state index in [4.69, 9.17) is 9.47 Å². The highest BCUT2D eigenvalue weighted by atomic mass is 32.2. The number of hydrogen-bond donors (Lipinski definition) is 1. The van der Waals surface area contributed by atoms with Crippen LogP contribution in [0.3, 0.4) is 0 Å². The van der Waals surface area contributed by atoms with Gasteiger partial charge in [-0.25, -0.2) is 4.79 Å². The van der Waals surface area contributed by atoms with Crippen LogP contribution < -0.4 is 4.74 Å². The average Bonchev–Trinajstić information content (AvgIpc) is 3.25. The third kappa shape index (κ3) is 5.85. The molecule has 0 aliphatic carbocycles. The maximum Gasteiger partial charge on any atom is 0.485 e. The summed E-state index contributed by atoms with van der Waals surface area (Å²) in [5.41, 5.74) is 0.717. The maximum atomic E-state index is 13.3. The second-order valence-corrected chi connectivity index (χ2v) is 8.19. The van der Waals surface area contributed by atoms with Crippen LogP contribution in [0.1, 0.15) is 12.5 Å². The summed E-state index contributed by atoms with van der Waals surface area (Å²) in [5, 5.41) is 12.2. The lowest BCUT2D eigenvalue weighted by Gasteiger charge is -2.44. The number of halogens is 3. The number of esters is 1. The minimum atomic E-state index is -4.58. The lowest BCUT2D eigenvalue weighted by molar-refractivity contribution is -0.271. The predicted molar refractivity (Wildman–Crippen MR) is 108 cm³/mol. The number of rotatable bonds is 7. The van der Waals surface area contributed by atoms with Crippen molar-refractivity contribution in [2.75, 3.05) is 39.3 Å². The van der Waals surface area contributed by atoms with Gasteiger partial charge in [-0.3, -0.25) is 9.80 Å². The molecule has 2 aliphatic rings. The van der Waals surface area contributed by atoms with Crippen LogP contribution >= 0.6 is 11.8 Å². The largest absolute Gasteiger partial charge is 0.485 e. The number of aliphatic hydroxyl groups is 1. The SMILES string of the molecule is COC(=O)COc1ccc(CC(C)N2CCOC(O)(C3=CSCN3C(F)(F)F)C2)cc1. The fourth-order valence-electron chi connectivity index (χ4n) is 3.49. The van der Waals surface area contributed by atoms with Crippen molar-refractivity contribution in [2.45, 2.75) is 31.5 Å². The molecule has 1 aromatic carbocycles. The Morgan fingerprint density at radius 2 is 2.06 bits per heavy atom. The first kappa shape index (κ1) is 23.7. The number of carbonyl (C=O) groups is 1. The maximum absolute atomic E-state index is 13.3. The minimum Gasteiger partial charge on any atom is -0.482 e. The van der Waals surface area contributed by atoms with Crippen LogP contribution in [0.15, 0.2) is 35.4 Å². The quantitative estimate of drug-likeness (QED) is 0.490. The van der Waals surface area contributed by atoms with E-state index in [-0.39, 0.29) is 42.3 Å². The highest BCUT2D eigenvalue weighted by molar-refractivity contribution is 8.02. The Morgan fingerprint density at radius 3 is 2.71 bits per heavy atom. The van der Waals surface area contributed by atoms with Crippen LogP contribution in [0, 0.1) is 0 Å². The number of β-amino-alcohol motifs (C(OH)–C–C–N with tert-alkyl or cyclic N) is 1. The summed E-state index contributed by atoms with van der Waals surface area (Å²) >= 11 is 0.975. The summed E-state index contributed by atoms with van der Waals surface area (Å²) in [6, 6.07) is 7.14. The molecule has 0 amide bonds. The number of hydrogen-bond acceptors (Lipinski definition) is 8. The van der Waals surface area contributed by atoms with Gasteiger partial charge in [0.1, 0.15) is 5.75 Å². The number of alkyl halides is 3. The molecule has 3 rings (SSSR count). The van der Waals surface area contributed by atoms with E-state index in [0.29, 0.717) is 18.7 Å². The predicted octanol–water partition coefficient (Wildman–Crippen LogP) is 2.56. The lowest BCUT2D eigenvalue weighted by Crippen LogP contribution is -2.58. The van der Waals surface area contributed by atoms with Crippen molar-refractivity contribution in [3.05, 3.63) is 40.9 Å². The second kappa shape index (κ2) is 9.68. The van der Waals surface area contributed by atoms with E-state index < -0.39 is 18.1 Å². The van der Waals surface area contributed by atoms with E-state index in [0.717, 1.165) is 17.3 Å². The molecule has 11 heteroatoms. The van der Waals surface area contributed by atoms with Crippen LogP contribution in [0.25, 0.3) is 0 Å². The molecule has 1 saturated heterocycles. The number of carbonyl (C=O) groups excluding carboxylic acids is 1. The fraction of sp³-hybridized carbons (Fsp3) is 0.550. The van der Waals surface area contributed by atoms with Gasteiger partial charge in [-0.15, -0.1) is 11.8 Å². The average molecular weight is 462 g/mol. The van der Waals surface area contributed by atoms with Gasteiger partial charge in [0.2, 0.25) is 5.79 Å². The van der Waals surface area contributed by atoms with Crippen LogP contribution in [0.5, 0.6) is 5.75 Å². The number of ether oxygens (including phenoxy) is 3. The molecule has 1 fully saturated rings. The molecule has 31 heavy (non-hydrogen) atoms. The van der Waals surface area contributed by atoms with Gasteiger partial charge in [-0.1, -0.05) is 12.1 Å². The molecule has 0 spiro atoms. The van der Waals surface area contributed by atoms with Gasteiger partial charge in [-0.2, -0.15) is 13.2 Å². The van der Waals surface area contributed by atoms with Crippen molar-refractivity contribution in [2.24, 2.45) is 0 Å². The third-order valence-corrected chi connectivity index (χ3v) is 5.99. The molecule has 1 N–H and O–H groups in total. The molecular weight excluding hydrogens is 437 g/mol. The third-order valence-electron chi connectivity index (χ3n) is 5.19. The van der Waals surface area contributed by atoms with Gasteiger partial charge in [0.25, 0.3) is 0 Å². The van der Waals surface area contributed by atoms with Gasteiger partial charge in [-0.05, 0) is 36.4 Å². The summed E-state index contributed by atoms with van der Waals surface area (Å²) in [4.78, 5) is 13.3. The van der Waals surface area contributed by atoms with Crippen LogP contribution in [0.2, 0.25) is 0 Å². The van der Waals surface area contributed by atoms with E-state index in [2.05, 4.69) is 4.74 Å². The minimum absolute atomic E-state index is 0.0498. The highest BCUT2D eigenvalue weighted by Gasteiger charge is 2.50. The van der Waals surface area contributed by atoms with Gasteiger partial charge < -0.3 is 19.3 Å². The number of morpholine rings is 1. The van der Waals surface area contributed by atoms with Gasteiger partial charge in [0.05, 0.1) is 31.8 Å². The molecule has 0 radical (unpaired) electrons. The molecule has 0 bridgehead atoms. The number of thioether (sulfide) groups is 1. The van der Waals surface area contributed by atoms with E-state index in [1.165, 1.54) is 12.5 Å².